The fourth-order valence-electron chi connectivity index (χ4n) is 1.75. The predicted octanol–water partition coefficient (Wildman–Crippen LogP) is 2.33. The number of carbonyl (C=O) groups is 3. The highest BCUT2D eigenvalue weighted by molar-refractivity contribution is 5.83. The van der Waals surface area contributed by atoms with Crippen LogP contribution in [-0.2, 0) is 19.1 Å². The van der Waals surface area contributed by atoms with E-state index in [0.717, 1.165) is 19.4 Å². The van der Waals surface area contributed by atoms with Gasteiger partial charge >= 0.3 is 5.97 Å². The van der Waals surface area contributed by atoms with E-state index in [1.54, 1.807) is 18.9 Å². The van der Waals surface area contributed by atoms with Gasteiger partial charge in [0.15, 0.2) is 0 Å². The van der Waals surface area contributed by atoms with Gasteiger partial charge in [-0.15, -0.1) is 0 Å². The second-order valence-corrected chi connectivity index (χ2v) is 4.87. The number of nitrogens with zero attached hydrogens (tertiary/aromatic N) is 1. The summed E-state index contributed by atoms with van der Waals surface area (Å²) in [5, 5.41) is 0. The molecule has 0 unspecified atom stereocenters. The molecule has 5 nitrogen and oxygen atoms in total. The van der Waals surface area contributed by atoms with Gasteiger partial charge in [-0.3, -0.25) is 14.4 Å². The Morgan fingerprint density at radius 3 is 2.25 bits per heavy atom. The second kappa shape index (κ2) is 11.4. The third-order valence-corrected chi connectivity index (χ3v) is 3.03. The summed E-state index contributed by atoms with van der Waals surface area (Å²) in [4.78, 5) is 36.1. The highest BCUT2D eigenvalue weighted by atomic mass is 16.5. The maximum Gasteiger partial charge on any atom is 0.306 e. The molecular weight excluding hydrogens is 258 g/mol. The normalized spacial score (nSPS) is 10.2. The molecule has 5 heteroatoms. The lowest BCUT2D eigenvalue weighted by atomic mass is 10.1. The van der Waals surface area contributed by atoms with Gasteiger partial charge in [0, 0.05) is 32.9 Å². The van der Waals surface area contributed by atoms with Crippen LogP contribution < -0.4 is 0 Å². The number of hydrogen-bond donors (Lipinski definition) is 0. The van der Waals surface area contributed by atoms with Crippen molar-refractivity contribution in [3.8, 4) is 0 Å². The van der Waals surface area contributed by atoms with Crippen molar-refractivity contribution >= 4 is 17.7 Å². The fourth-order valence-corrected chi connectivity index (χ4v) is 1.75. The van der Waals surface area contributed by atoms with Crippen LogP contribution in [0.4, 0.5) is 0 Å². The van der Waals surface area contributed by atoms with Crippen molar-refractivity contribution in [2.45, 2.75) is 58.8 Å². The first kappa shape index (κ1) is 18.6. The number of amides is 1. The Morgan fingerprint density at radius 2 is 1.65 bits per heavy atom. The van der Waals surface area contributed by atoms with Crippen LogP contribution in [0, 0.1) is 0 Å². The summed E-state index contributed by atoms with van der Waals surface area (Å²) in [5.74, 6) is -0.241. The lowest BCUT2D eigenvalue weighted by Crippen LogP contribution is -2.27. The second-order valence-electron chi connectivity index (χ2n) is 4.87. The van der Waals surface area contributed by atoms with Crippen molar-refractivity contribution in [2.75, 3.05) is 20.2 Å². The van der Waals surface area contributed by atoms with E-state index < -0.39 is 0 Å². The number of ether oxygens (including phenoxy) is 1. The van der Waals surface area contributed by atoms with Gasteiger partial charge in [-0.05, 0) is 19.8 Å². The summed E-state index contributed by atoms with van der Waals surface area (Å²) in [6.07, 6.45) is 3.70. The van der Waals surface area contributed by atoms with E-state index in [0.29, 0.717) is 25.9 Å². The van der Waals surface area contributed by atoms with E-state index in [9.17, 15) is 14.4 Å². The highest BCUT2D eigenvalue weighted by Crippen LogP contribution is 2.05. The zero-order valence-electron chi connectivity index (χ0n) is 12.9. The molecule has 0 spiro atoms. The highest BCUT2D eigenvalue weighted by Gasteiger charge is 2.11. The number of ketones is 1. The number of rotatable bonds is 11. The van der Waals surface area contributed by atoms with Crippen LogP contribution in [0.5, 0.6) is 0 Å². The summed E-state index contributed by atoms with van der Waals surface area (Å²) >= 11 is 0. The van der Waals surface area contributed by atoms with Crippen LogP contribution in [0.2, 0.25) is 0 Å². The van der Waals surface area contributed by atoms with E-state index in [4.69, 9.17) is 4.74 Å². The molecule has 0 radical (unpaired) electrons. The van der Waals surface area contributed by atoms with Gasteiger partial charge in [-0.1, -0.05) is 13.3 Å². The quantitative estimate of drug-likeness (QED) is 0.547. The molecule has 0 saturated carbocycles. The zero-order valence-corrected chi connectivity index (χ0v) is 12.9. The Bertz CT molecular complexity index is 315. The standard InChI is InChI=1S/C15H27NO4/c1-4-6-12-16(3)14(18)9-7-8-13(17)10-11-15(19)20-5-2/h4-12H2,1-3H3. The van der Waals surface area contributed by atoms with Crippen LogP contribution in [0.25, 0.3) is 0 Å². The minimum Gasteiger partial charge on any atom is -0.466 e. The zero-order chi connectivity index (χ0) is 15.4. The van der Waals surface area contributed by atoms with Crippen molar-refractivity contribution in [1.82, 2.24) is 4.90 Å². The summed E-state index contributed by atoms with van der Waals surface area (Å²) in [6.45, 7) is 4.93. The van der Waals surface area contributed by atoms with Crippen LogP contribution in [-0.4, -0.2) is 42.8 Å². The number of hydrogen-bond acceptors (Lipinski definition) is 4. The number of esters is 1. The maximum absolute atomic E-state index is 11.7. The topological polar surface area (TPSA) is 63.7 Å². The van der Waals surface area contributed by atoms with Gasteiger partial charge in [0.05, 0.1) is 13.0 Å². The van der Waals surface area contributed by atoms with Crippen LogP contribution in [0.3, 0.4) is 0 Å². The Hall–Kier alpha value is -1.39. The van der Waals surface area contributed by atoms with Crippen LogP contribution in [0.1, 0.15) is 58.8 Å². The van der Waals surface area contributed by atoms with E-state index >= 15 is 0 Å². The van der Waals surface area contributed by atoms with Crippen molar-refractivity contribution in [3.05, 3.63) is 0 Å². The first-order valence-electron chi connectivity index (χ1n) is 7.42. The average Bonchev–Trinajstić information content (AvgIpc) is 2.42. The Kier molecular flexibility index (Phi) is 10.6. The molecule has 0 aliphatic heterocycles. The number of unbranched alkanes of at least 4 members (excludes halogenated alkanes) is 1. The van der Waals surface area contributed by atoms with E-state index in [1.807, 2.05) is 0 Å². The SMILES string of the molecule is CCCCN(C)C(=O)CCCC(=O)CCC(=O)OCC. The molecule has 0 bridgehead atoms. The maximum atomic E-state index is 11.7. The molecule has 0 fully saturated rings. The third kappa shape index (κ3) is 9.53. The van der Waals surface area contributed by atoms with Gasteiger partial charge < -0.3 is 9.64 Å². The molecule has 0 rings (SSSR count). The minimum atomic E-state index is -0.337. The molecule has 0 aromatic rings. The van der Waals surface area contributed by atoms with Gasteiger partial charge in [0.25, 0.3) is 0 Å². The number of Topliss-reactive ketones (excluding diaryl/α,β-unsaturated/α-hetero) is 1. The summed E-state index contributed by atoms with van der Waals surface area (Å²) in [6, 6.07) is 0. The minimum absolute atomic E-state index is 0.0158. The van der Waals surface area contributed by atoms with Crippen LogP contribution >= 0.6 is 0 Å². The molecule has 0 aliphatic carbocycles. The average molecular weight is 285 g/mol. The molecule has 0 heterocycles. The largest absolute Gasteiger partial charge is 0.466 e. The molecular formula is C15H27NO4. The predicted molar refractivity (Wildman–Crippen MR) is 77.3 cm³/mol. The van der Waals surface area contributed by atoms with Crippen molar-refractivity contribution in [2.24, 2.45) is 0 Å². The van der Waals surface area contributed by atoms with E-state index in [1.165, 1.54) is 0 Å². The Labute approximate surface area is 121 Å². The molecule has 0 aromatic carbocycles. The summed E-state index contributed by atoms with van der Waals surface area (Å²) < 4.78 is 4.75. The van der Waals surface area contributed by atoms with Gasteiger partial charge in [0.1, 0.15) is 5.78 Å². The first-order chi connectivity index (χ1) is 9.51. The van der Waals surface area contributed by atoms with E-state index in [-0.39, 0.29) is 30.5 Å². The molecule has 0 saturated heterocycles. The third-order valence-electron chi connectivity index (χ3n) is 3.03. The van der Waals surface area contributed by atoms with Crippen molar-refractivity contribution < 1.29 is 19.1 Å². The van der Waals surface area contributed by atoms with Crippen molar-refractivity contribution in [3.63, 3.8) is 0 Å². The molecule has 20 heavy (non-hydrogen) atoms. The van der Waals surface area contributed by atoms with Crippen LogP contribution in [0.15, 0.2) is 0 Å². The molecule has 116 valence electrons. The van der Waals surface area contributed by atoms with Gasteiger partial charge in [0.2, 0.25) is 5.91 Å². The Morgan fingerprint density at radius 1 is 0.950 bits per heavy atom. The molecule has 0 atom stereocenters. The Balaban J connectivity index is 3.70. The molecule has 1 amide bonds. The smallest absolute Gasteiger partial charge is 0.306 e. The summed E-state index contributed by atoms with van der Waals surface area (Å²) in [7, 11) is 1.79. The first-order valence-corrected chi connectivity index (χ1v) is 7.42. The van der Waals surface area contributed by atoms with Gasteiger partial charge in [-0.2, -0.15) is 0 Å². The lowest BCUT2D eigenvalue weighted by molar-refractivity contribution is -0.144. The van der Waals surface area contributed by atoms with E-state index in [2.05, 4.69) is 6.92 Å². The molecule has 0 aromatic heterocycles. The van der Waals surface area contributed by atoms with Crippen molar-refractivity contribution in [1.29, 1.82) is 0 Å². The molecule has 0 aliphatic rings. The molecule has 0 N–H and O–H groups in total. The lowest BCUT2D eigenvalue weighted by Gasteiger charge is -2.16. The number of carbonyl (C=O) groups excluding carboxylic acids is 3. The monoisotopic (exact) mass is 285 g/mol. The van der Waals surface area contributed by atoms with Gasteiger partial charge in [-0.25, -0.2) is 0 Å². The summed E-state index contributed by atoms with van der Waals surface area (Å²) in [5.41, 5.74) is 0. The fraction of sp³-hybridized carbons (Fsp3) is 0.800.